The lowest BCUT2D eigenvalue weighted by Crippen LogP contribution is -2.47. The van der Waals surface area contributed by atoms with E-state index in [-0.39, 0.29) is 17.9 Å². The number of hydrogen-bond donors (Lipinski definition) is 0. The molecule has 0 saturated heterocycles. The van der Waals surface area contributed by atoms with Crippen LogP contribution in [-0.2, 0) is 6.61 Å². The lowest BCUT2D eigenvalue weighted by atomic mass is 9.82. The largest absolute Gasteiger partial charge is 0.487 e. The average Bonchev–Trinajstić information content (AvgIpc) is 3.29. The molecule has 61 heavy (non-hydrogen) atoms. The van der Waals surface area contributed by atoms with Gasteiger partial charge in [0.15, 0.2) is 0 Å². The number of hydrogen-bond acceptors (Lipinski definition) is 6. The van der Waals surface area contributed by atoms with Crippen molar-refractivity contribution in [2.75, 3.05) is 4.90 Å². The molecule has 2 aliphatic heterocycles. The Hall–Kier alpha value is -6.67. The molecule has 0 N–H and O–H groups in total. The van der Waals surface area contributed by atoms with Crippen molar-refractivity contribution in [2.24, 2.45) is 0 Å². The van der Waals surface area contributed by atoms with Crippen molar-refractivity contribution in [3.05, 3.63) is 137 Å². The first-order valence-corrected chi connectivity index (χ1v) is 21.9. The van der Waals surface area contributed by atoms with Gasteiger partial charge in [-0.1, -0.05) is 120 Å². The topological polar surface area (TPSA) is 96.9 Å². The molecule has 0 saturated carbocycles. The Morgan fingerprint density at radius 1 is 0.508 bits per heavy atom. The Morgan fingerprint density at radius 2 is 1.03 bits per heavy atom. The number of pyridine rings is 1. The highest BCUT2D eigenvalue weighted by Gasteiger charge is 2.40. The molecular weight excluding hydrogens is 759 g/mol. The second kappa shape index (κ2) is 15.7. The van der Waals surface area contributed by atoms with Gasteiger partial charge in [0, 0.05) is 50.7 Å². The maximum Gasteiger partial charge on any atom is 0.266 e. The molecule has 0 bridgehead atoms. The Morgan fingerprint density at radius 3 is 1.56 bits per heavy atom. The lowest BCUT2D eigenvalue weighted by Gasteiger charge is -2.35. The van der Waals surface area contributed by atoms with E-state index in [2.05, 4.69) is 18.8 Å². The molecule has 7 aromatic carbocycles. The number of benzene rings is 7. The van der Waals surface area contributed by atoms with Gasteiger partial charge in [0.05, 0.1) is 5.69 Å². The Kier molecular flexibility index (Phi) is 9.94. The summed E-state index contributed by atoms with van der Waals surface area (Å²) >= 11 is 0. The first-order valence-electron chi connectivity index (χ1n) is 21.9. The van der Waals surface area contributed by atoms with Crippen LogP contribution in [0.4, 0.5) is 5.69 Å². The molecule has 2 aliphatic rings. The number of anilines is 1. The molecule has 0 fully saturated rings. The minimum atomic E-state index is -0.421. The Balaban J connectivity index is 1.05. The summed E-state index contributed by atoms with van der Waals surface area (Å²) in [6, 6.07) is 32.1. The summed E-state index contributed by atoms with van der Waals surface area (Å²) in [6.07, 6.45) is 12.0. The third-order valence-electron chi connectivity index (χ3n) is 13.0. The van der Waals surface area contributed by atoms with Crippen LogP contribution in [-0.4, -0.2) is 39.6 Å². The predicted octanol–water partition coefficient (Wildman–Crippen LogP) is 12.6. The van der Waals surface area contributed by atoms with Crippen LogP contribution in [0.3, 0.4) is 0 Å². The molecule has 1 aromatic heterocycles. The zero-order valence-electron chi connectivity index (χ0n) is 34.6. The molecule has 0 atom stereocenters. The van der Waals surface area contributed by atoms with Crippen LogP contribution in [0.15, 0.2) is 109 Å². The summed E-state index contributed by atoms with van der Waals surface area (Å²) in [4.78, 5) is 65.9. The Bertz CT molecular complexity index is 2930. The van der Waals surface area contributed by atoms with Crippen molar-refractivity contribution in [1.29, 1.82) is 0 Å². The average molecular weight is 806 g/mol. The second-order valence-electron chi connectivity index (χ2n) is 16.7. The van der Waals surface area contributed by atoms with Gasteiger partial charge in [0.1, 0.15) is 17.9 Å². The molecule has 8 aromatic rings. The molecule has 8 nitrogen and oxygen atoms in total. The number of carbonyl (C=O) groups is 4. The van der Waals surface area contributed by atoms with E-state index in [1.165, 1.54) is 4.90 Å². The molecule has 0 radical (unpaired) electrons. The maximum absolute atomic E-state index is 14.7. The van der Waals surface area contributed by atoms with E-state index in [9.17, 15) is 19.2 Å². The van der Waals surface area contributed by atoms with Crippen molar-refractivity contribution < 1.29 is 23.9 Å². The number of nitrogens with zero attached hydrogens (tertiary/aromatic N) is 3. The highest BCUT2D eigenvalue weighted by atomic mass is 16.5. The van der Waals surface area contributed by atoms with Crippen LogP contribution in [0.5, 0.6) is 5.75 Å². The van der Waals surface area contributed by atoms with Crippen molar-refractivity contribution in [2.45, 2.75) is 90.7 Å². The van der Waals surface area contributed by atoms with Crippen LogP contribution >= 0.6 is 0 Å². The maximum atomic E-state index is 14.7. The number of aromatic nitrogens is 1. The third-order valence-corrected chi connectivity index (χ3v) is 13.0. The SMILES string of the molecule is CCCCCCC(CCCCCC)N1C(=O)c2ccc3c4ccc5c6c(ccc(c7ccc(c2c37)C1=O)c64)C(=O)N(c1ccc(OCc2ccccc2)c2ncccc12)C5=O. The van der Waals surface area contributed by atoms with Gasteiger partial charge in [-0.15, -0.1) is 0 Å². The van der Waals surface area contributed by atoms with Crippen LogP contribution in [0.25, 0.3) is 54.0 Å². The highest BCUT2D eigenvalue weighted by Crippen LogP contribution is 2.47. The highest BCUT2D eigenvalue weighted by molar-refractivity contribution is 6.44. The standard InChI is InChI=1S/C53H47N3O5/c1-3-5-7-12-17-33(18-13-8-6-4-2)55-50(57)39-24-20-34-36-22-26-41-48-42(27-23-37(46(36)48)35-21-25-40(51(55)58)47(39)45(34)35)53(60)56(52(41)59)43-28-29-44(49-38(43)19-14-30-54-49)61-31-32-15-10-9-11-16-32/h9-11,14-16,19-30,33H,3-8,12-13,17-18,31H2,1-2H3. The van der Waals surface area contributed by atoms with Crippen LogP contribution in [0, 0.1) is 0 Å². The summed E-state index contributed by atoms with van der Waals surface area (Å²) in [5, 5.41) is 7.08. The van der Waals surface area contributed by atoms with E-state index >= 15 is 0 Å². The van der Waals surface area contributed by atoms with E-state index < -0.39 is 11.8 Å². The summed E-state index contributed by atoms with van der Waals surface area (Å²) in [5.41, 5.74) is 3.95. The molecule has 3 heterocycles. The number of unbranched alkanes of at least 4 members (excludes halogenated alkanes) is 6. The normalized spacial score (nSPS) is 14.0. The lowest BCUT2D eigenvalue weighted by molar-refractivity contribution is 0.0516. The zero-order chi connectivity index (χ0) is 41.8. The fourth-order valence-electron chi connectivity index (χ4n) is 10.0. The molecule has 0 aliphatic carbocycles. The number of carbonyl (C=O) groups excluding carboxylic acids is 4. The summed E-state index contributed by atoms with van der Waals surface area (Å²) < 4.78 is 6.21. The first-order chi connectivity index (χ1) is 29.9. The van der Waals surface area contributed by atoms with Gasteiger partial charge in [-0.2, -0.15) is 0 Å². The van der Waals surface area contributed by atoms with Crippen molar-refractivity contribution >= 4 is 83.3 Å². The predicted molar refractivity (Wildman–Crippen MR) is 243 cm³/mol. The van der Waals surface area contributed by atoms with E-state index in [1.807, 2.05) is 84.9 Å². The van der Waals surface area contributed by atoms with E-state index in [0.717, 1.165) is 102 Å². The quantitative estimate of drug-likeness (QED) is 0.0443. The summed E-state index contributed by atoms with van der Waals surface area (Å²) in [6.45, 7) is 4.73. The smallest absolute Gasteiger partial charge is 0.266 e. The van der Waals surface area contributed by atoms with Crippen LogP contribution in [0.2, 0.25) is 0 Å². The van der Waals surface area contributed by atoms with Crippen molar-refractivity contribution in [1.82, 2.24) is 9.88 Å². The molecule has 0 unspecified atom stereocenters. The molecule has 304 valence electrons. The second-order valence-corrected chi connectivity index (χ2v) is 16.7. The van der Waals surface area contributed by atoms with E-state index in [0.29, 0.717) is 62.0 Å². The zero-order valence-corrected chi connectivity index (χ0v) is 34.6. The van der Waals surface area contributed by atoms with Gasteiger partial charge in [-0.05, 0) is 99.3 Å². The molecule has 8 heteroatoms. The summed E-state index contributed by atoms with van der Waals surface area (Å²) in [5.74, 6) is -0.726. The van der Waals surface area contributed by atoms with E-state index in [1.54, 1.807) is 29.3 Å². The van der Waals surface area contributed by atoms with Crippen LogP contribution in [0.1, 0.15) is 125 Å². The number of imide groups is 2. The minimum Gasteiger partial charge on any atom is -0.487 e. The van der Waals surface area contributed by atoms with Crippen molar-refractivity contribution in [3.8, 4) is 5.75 Å². The van der Waals surface area contributed by atoms with Crippen LogP contribution < -0.4 is 9.64 Å². The molecule has 0 spiro atoms. The number of ether oxygens (including phenoxy) is 1. The van der Waals surface area contributed by atoms with Gasteiger partial charge in [0.2, 0.25) is 0 Å². The van der Waals surface area contributed by atoms with Gasteiger partial charge in [0.25, 0.3) is 23.6 Å². The molecular formula is C53H47N3O5. The monoisotopic (exact) mass is 805 g/mol. The van der Waals surface area contributed by atoms with Crippen molar-refractivity contribution in [3.63, 3.8) is 0 Å². The Labute approximate surface area is 354 Å². The fourth-order valence-corrected chi connectivity index (χ4v) is 10.0. The molecule has 10 rings (SSSR count). The van der Waals surface area contributed by atoms with Gasteiger partial charge in [-0.3, -0.25) is 29.1 Å². The summed E-state index contributed by atoms with van der Waals surface area (Å²) in [7, 11) is 0. The first kappa shape index (κ1) is 38.5. The number of amides is 4. The number of fused-ring (bicyclic) bond motifs is 3. The van der Waals surface area contributed by atoms with E-state index in [4.69, 9.17) is 4.74 Å². The molecule has 4 amide bonds. The third kappa shape index (κ3) is 6.22. The van der Waals surface area contributed by atoms with Gasteiger partial charge in [-0.25, -0.2) is 4.90 Å². The van der Waals surface area contributed by atoms with Gasteiger partial charge < -0.3 is 4.74 Å². The van der Waals surface area contributed by atoms with Gasteiger partial charge >= 0.3 is 0 Å². The minimum absolute atomic E-state index is 0.143. The fraction of sp³-hybridized carbons (Fsp3) is 0.264. The number of rotatable bonds is 15.